The SMILES string of the molecule is CCCCOP(=O)(CCCC)OCCC(=O)Oc1ccc(C)cc1C(C)(C)C. The van der Waals surface area contributed by atoms with Gasteiger partial charge in [0.2, 0.25) is 0 Å². The quantitative estimate of drug-likeness (QED) is 0.172. The van der Waals surface area contributed by atoms with Gasteiger partial charge in [-0.2, -0.15) is 0 Å². The van der Waals surface area contributed by atoms with Gasteiger partial charge in [-0.3, -0.25) is 9.36 Å². The molecule has 0 aliphatic carbocycles. The molecule has 0 aromatic heterocycles. The highest BCUT2D eigenvalue weighted by molar-refractivity contribution is 7.53. The Morgan fingerprint density at radius 2 is 1.68 bits per heavy atom. The maximum absolute atomic E-state index is 12.8. The molecule has 1 rings (SSSR count). The van der Waals surface area contributed by atoms with Crippen molar-refractivity contribution in [1.82, 2.24) is 0 Å². The Kier molecular flexibility index (Phi) is 10.4. The molecule has 5 nitrogen and oxygen atoms in total. The molecule has 0 aliphatic heterocycles. The van der Waals surface area contributed by atoms with E-state index in [2.05, 4.69) is 20.8 Å². The third-order valence-corrected chi connectivity index (χ3v) is 6.35. The van der Waals surface area contributed by atoms with Gasteiger partial charge >= 0.3 is 13.6 Å². The molecular formula is C22H37O5P. The highest BCUT2D eigenvalue weighted by Gasteiger charge is 2.25. The molecule has 0 radical (unpaired) electrons. The first-order valence-electron chi connectivity index (χ1n) is 10.3. The average molecular weight is 413 g/mol. The van der Waals surface area contributed by atoms with Crippen LogP contribution >= 0.6 is 7.60 Å². The minimum Gasteiger partial charge on any atom is -0.426 e. The van der Waals surface area contributed by atoms with Crippen LogP contribution in [0.25, 0.3) is 0 Å². The summed E-state index contributed by atoms with van der Waals surface area (Å²) in [6.07, 6.45) is 3.90. The number of rotatable bonds is 12. The Balaban J connectivity index is 2.65. The summed E-state index contributed by atoms with van der Waals surface area (Å²) < 4.78 is 29.5. The Morgan fingerprint density at radius 3 is 2.29 bits per heavy atom. The third-order valence-electron chi connectivity index (χ3n) is 4.33. The molecule has 0 aliphatic rings. The van der Waals surface area contributed by atoms with Crippen molar-refractivity contribution in [1.29, 1.82) is 0 Å². The first kappa shape index (κ1) is 24.9. The van der Waals surface area contributed by atoms with E-state index in [9.17, 15) is 9.36 Å². The zero-order chi connectivity index (χ0) is 21.2. The number of carbonyl (C=O) groups is 1. The number of carbonyl (C=O) groups excluding carboxylic acids is 1. The van der Waals surface area contributed by atoms with Crippen LogP contribution in [0.15, 0.2) is 18.2 Å². The summed E-state index contributed by atoms with van der Waals surface area (Å²) in [7, 11) is -3.15. The van der Waals surface area contributed by atoms with Crippen molar-refractivity contribution in [3.8, 4) is 5.75 Å². The van der Waals surface area contributed by atoms with Gasteiger partial charge in [0.1, 0.15) is 5.75 Å². The predicted octanol–water partition coefficient (Wildman–Crippen LogP) is 6.41. The molecule has 1 atom stereocenters. The van der Waals surface area contributed by atoms with Gasteiger partial charge in [-0.05, 0) is 31.2 Å². The van der Waals surface area contributed by atoms with E-state index in [-0.39, 0.29) is 18.4 Å². The fourth-order valence-electron chi connectivity index (χ4n) is 2.63. The number of unbranched alkanes of at least 4 members (excludes halogenated alkanes) is 2. The molecule has 1 aromatic rings. The lowest BCUT2D eigenvalue weighted by atomic mass is 9.85. The lowest BCUT2D eigenvalue weighted by molar-refractivity contribution is -0.135. The predicted molar refractivity (Wildman–Crippen MR) is 114 cm³/mol. The van der Waals surface area contributed by atoms with Crippen LogP contribution in [0.4, 0.5) is 0 Å². The van der Waals surface area contributed by atoms with Gasteiger partial charge in [-0.1, -0.05) is 65.2 Å². The third kappa shape index (κ3) is 8.89. The van der Waals surface area contributed by atoms with Crippen LogP contribution in [0.5, 0.6) is 5.75 Å². The molecule has 0 N–H and O–H groups in total. The molecule has 6 heteroatoms. The molecule has 0 saturated heterocycles. The second-order valence-electron chi connectivity index (χ2n) is 8.18. The van der Waals surface area contributed by atoms with E-state index in [0.29, 0.717) is 18.5 Å². The number of esters is 1. The van der Waals surface area contributed by atoms with Gasteiger partial charge in [0.05, 0.1) is 25.8 Å². The fourth-order valence-corrected chi connectivity index (χ4v) is 4.44. The number of ether oxygens (including phenoxy) is 1. The van der Waals surface area contributed by atoms with Crippen LogP contribution < -0.4 is 4.74 Å². The lowest BCUT2D eigenvalue weighted by Gasteiger charge is -2.23. The van der Waals surface area contributed by atoms with Crippen LogP contribution in [-0.2, 0) is 23.8 Å². The van der Waals surface area contributed by atoms with Crippen molar-refractivity contribution in [2.24, 2.45) is 0 Å². The topological polar surface area (TPSA) is 61.8 Å². The number of hydrogen-bond donors (Lipinski definition) is 0. The fraction of sp³-hybridized carbons (Fsp3) is 0.682. The molecule has 0 bridgehead atoms. The van der Waals surface area contributed by atoms with E-state index in [1.54, 1.807) is 0 Å². The highest BCUT2D eigenvalue weighted by atomic mass is 31.2. The summed E-state index contributed by atoms with van der Waals surface area (Å²) in [4.78, 5) is 12.3. The van der Waals surface area contributed by atoms with Gasteiger partial charge in [0, 0.05) is 5.56 Å². The molecule has 0 spiro atoms. The summed E-state index contributed by atoms with van der Waals surface area (Å²) in [5.41, 5.74) is 1.97. The average Bonchev–Trinajstić information content (AvgIpc) is 2.61. The standard InChI is InChI=1S/C22H37O5P/c1-7-9-14-25-28(24,16-10-8-2)26-15-13-21(23)27-20-12-11-18(3)17-19(20)22(4,5)6/h11-12,17H,7-10,13-16H2,1-6H3. The number of benzene rings is 1. The minimum atomic E-state index is -3.15. The smallest absolute Gasteiger partial charge is 0.330 e. The molecule has 0 amide bonds. The van der Waals surface area contributed by atoms with Crippen molar-refractivity contribution >= 4 is 13.6 Å². The molecule has 1 aromatic carbocycles. The minimum absolute atomic E-state index is 0.0304. The van der Waals surface area contributed by atoms with Gasteiger partial charge in [-0.15, -0.1) is 0 Å². The van der Waals surface area contributed by atoms with E-state index in [0.717, 1.165) is 36.8 Å². The second-order valence-corrected chi connectivity index (χ2v) is 10.4. The van der Waals surface area contributed by atoms with Gasteiger partial charge in [-0.25, -0.2) is 0 Å². The molecule has 0 saturated carbocycles. The van der Waals surface area contributed by atoms with E-state index < -0.39 is 13.6 Å². The summed E-state index contributed by atoms with van der Waals surface area (Å²) in [5, 5.41) is 0. The van der Waals surface area contributed by atoms with Crippen LogP contribution in [0, 0.1) is 6.92 Å². The van der Waals surface area contributed by atoms with Gasteiger partial charge in [0.15, 0.2) is 0 Å². The normalized spacial score (nSPS) is 13.9. The molecular weight excluding hydrogens is 375 g/mol. The zero-order valence-electron chi connectivity index (χ0n) is 18.4. The second kappa shape index (κ2) is 11.7. The number of aryl methyl sites for hydroxylation is 1. The Hall–Kier alpha value is -1.16. The van der Waals surface area contributed by atoms with E-state index in [4.69, 9.17) is 13.8 Å². The molecule has 0 fully saturated rings. The Labute approximate surface area is 170 Å². The molecule has 1 unspecified atom stereocenters. The largest absolute Gasteiger partial charge is 0.426 e. The van der Waals surface area contributed by atoms with Crippen molar-refractivity contribution in [3.05, 3.63) is 29.3 Å². The van der Waals surface area contributed by atoms with Crippen LogP contribution in [0.3, 0.4) is 0 Å². The molecule has 28 heavy (non-hydrogen) atoms. The monoisotopic (exact) mass is 412 g/mol. The van der Waals surface area contributed by atoms with Gasteiger partial charge in [0.25, 0.3) is 0 Å². The van der Waals surface area contributed by atoms with E-state index >= 15 is 0 Å². The van der Waals surface area contributed by atoms with Crippen LogP contribution in [-0.4, -0.2) is 25.3 Å². The zero-order valence-corrected chi connectivity index (χ0v) is 19.3. The van der Waals surface area contributed by atoms with Gasteiger partial charge < -0.3 is 13.8 Å². The molecule has 160 valence electrons. The summed E-state index contributed by atoms with van der Waals surface area (Å²) in [6, 6.07) is 5.79. The summed E-state index contributed by atoms with van der Waals surface area (Å²) >= 11 is 0. The first-order valence-corrected chi connectivity index (χ1v) is 12.0. The van der Waals surface area contributed by atoms with Crippen LogP contribution in [0.2, 0.25) is 0 Å². The molecule has 0 heterocycles. The maximum Gasteiger partial charge on any atom is 0.330 e. The lowest BCUT2D eigenvalue weighted by Crippen LogP contribution is -2.17. The maximum atomic E-state index is 12.8. The Morgan fingerprint density at radius 1 is 1.04 bits per heavy atom. The summed E-state index contributed by atoms with van der Waals surface area (Å²) in [6.45, 7) is 12.8. The van der Waals surface area contributed by atoms with Crippen molar-refractivity contribution < 1.29 is 23.1 Å². The highest BCUT2D eigenvalue weighted by Crippen LogP contribution is 2.49. The Bertz CT molecular complexity index is 663. The first-order chi connectivity index (χ1) is 13.1. The van der Waals surface area contributed by atoms with Crippen molar-refractivity contribution in [3.63, 3.8) is 0 Å². The number of hydrogen-bond acceptors (Lipinski definition) is 5. The van der Waals surface area contributed by atoms with E-state index in [1.807, 2.05) is 39.0 Å². The van der Waals surface area contributed by atoms with Crippen molar-refractivity contribution in [2.45, 2.75) is 79.1 Å². The summed E-state index contributed by atoms with van der Waals surface area (Å²) in [5.74, 6) is 0.168. The van der Waals surface area contributed by atoms with E-state index in [1.165, 1.54) is 0 Å². The van der Waals surface area contributed by atoms with Crippen LogP contribution in [0.1, 0.15) is 77.8 Å². The van der Waals surface area contributed by atoms with Crippen molar-refractivity contribution in [2.75, 3.05) is 19.4 Å².